The number of anilines is 1. The molecule has 0 radical (unpaired) electrons. The molecule has 0 saturated heterocycles. The van der Waals surface area contributed by atoms with Crippen molar-refractivity contribution < 1.29 is 9.15 Å². The second kappa shape index (κ2) is 7.04. The van der Waals surface area contributed by atoms with E-state index in [1.54, 1.807) is 6.92 Å². The van der Waals surface area contributed by atoms with Crippen LogP contribution in [0.2, 0.25) is 0 Å². The van der Waals surface area contributed by atoms with Gasteiger partial charge >= 0.3 is 6.01 Å². The van der Waals surface area contributed by atoms with Gasteiger partial charge in [-0.3, -0.25) is 0 Å². The zero-order valence-corrected chi connectivity index (χ0v) is 12.4. The second-order valence-electron chi connectivity index (χ2n) is 3.79. The number of rotatable bonds is 7. The predicted molar refractivity (Wildman–Crippen MR) is 72.9 cm³/mol. The molecular weight excluding hydrogens is 280 g/mol. The number of nitrogens with one attached hydrogen (secondary N) is 1. The SMILES string of the molecule is CCCOc1nc(NCC)nc(Sc2nnc(C)o2)n1. The third-order valence-corrected chi connectivity index (χ3v) is 2.76. The minimum absolute atomic E-state index is 0.288. The van der Waals surface area contributed by atoms with Crippen LogP contribution in [0, 0.1) is 6.92 Å². The minimum Gasteiger partial charge on any atom is -0.463 e. The van der Waals surface area contributed by atoms with E-state index in [1.165, 1.54) is 11.8 Å². The van der Waals surface area contributed by atoms with Crippen molar-refractivity contribution >= 4 is 17.7 Å². The predicted octanol–water partition coefficient (Wildman–Crippen LogP) is 1.93. The molecule has 9 heteroatoms. The molecule has 0 aromatic carbocycles. The number of hydrogen-bond acceptors (Lipinski definition) is 9. The fraction of sp³-hybridized carbons (Fsp3) is 0.545. The van der Waals surface area contributed by atoms with Gasteiger partial charge in [-0.2, -0.15) is 15.0 Å². The van der Waals surface area contributed by atoms with Crippen LogP contribution in [0.3, 0.4) is 0 Å². The minimum atomic E-state index is 0.288. The van der Waals surface area contributed by atoms with E-state index < -0.39 is 0 Å². The smallest absolute Gasteiger partial charge is 0.322 e. The van der Waals surface area contributed by atoms with E-state index in [0.717, 1.165) is 6.42 Å². The van der Waals surface area contributed by atoms with Gasteiger partial charge in [-0.25, -0.2) is 0 Å². The third-order valence-electron chi connectivity index (χ3n) is 2.05. The van der Waals surface area contributed by atoms with Crippen LogP contribution in [0.4, 0.5) is 5.95 Å². The zero-order valence-electron chi connectivity index (χ0n) is 11.6. The topological polar surface area (TPSA) is 98.8 Å². The Morgan fingerprint density at radius 2 is 2.05 bits per heavy atom. The summed E-state index contributed by atoms with van der Waals surface area (Å²) in [7, 11) is 0. The van der Waals surface area contributed by atoms with Gasteiger partial charge in [-0.15, -0.1) is 10.2 Å². The molecule has 2 heterocycles. The van der Waals surface area contributed by atoms with Gasteiger partial charge in [0.15, 0.2) is 0 Å². The zero-order chi connectivity index (χ0) is 14.4. The number of aryl methyl sites for hydroxylation is 1. The van der Waals surface area contributed by atoms with Gasteiger partial charge in [-0.05, 0) is 13.3 Å². The fourth-order valence-electron chi connectivity index (χ4n) is 1.28. The van der Waals surface area contributed by atoms with Crippen molar-refractivity contribution in [3.05, 3.63) is 5.89 Å². The normalized spacial score (nSPS) is 10.6. The highest BCUT2D eigenvalue weighted by Gasteiger charge is 2.12. The van der Waals surface area contributed by atoms with Gasteiger partial charge in [0.2, 0.25) is 17.0 Å². The summed E-state index contributed by atoms with van der Waals surface area (Å²) >= 11 is 1.17. The average Bonchev–Trinajstić information content (AvgIpc) is 2.82. The Morgan fingerprint density at radius 1 is 1.20 bits per heavy atom. The second-order valence-corrected chi connectivity index (χ2v) is 4.71. The van der Waals surface area contributed by atoms with Crippen LogP contribution in [0.1, 0.15) is 26.2 Å². The molecule has 0 atom stereocenters. The fourth-order valence-corrected chi connectivity index (χ4v) is 1.93. The molecule has 0 aliphatic rings. The lowest BCUT2D eigenvalue weighted by Crippen LogP contribution is -2.07. The highest BCUT2D eigenvalue weighted by atomic mass is 32.2. The van der Waals surface area contributed by atoms with E-state index in [1.807, 2.05) is 13.8 Å². The van der Waals surface area contributed by atoms with Crippen molar-refractivity contribution in [3.8, 4) is 6.01 Å². The van der Waals surface area contributed by atoms with Crippen LogP contribution in [0.25, 0.3) is 0 Å². The number of aromatic nitrogens is 5. The van der Waals surface area contributed by atoms with Gasteiger partial charge in [0.1, 0.15) is 0 Å². The Kier molecular flexibility index (Phi) is 5.10. The molecule has 0 aliphatic heterocycles. The molecule has 0 unspecified atom stereocenters. The van der Waals surface area contributed by atoms with Crippen LogP contribution in [0.15, 0.2) is 14.8 Å². The third kappa shape index (κ3) is 4.05. The Balaban J connectivity index is 2.18. The molecule has 1 N–H and O–H groups in total. The lowest BCUT2D eigenvalue weighted by molar-refractivity contribution is 0.288. The maximum Gasteiger partial charge on any atom is 0.322 e. The average molecular weight is 296 g/mol. The molecule has 0 saturated carbocycles. The van der Waals surface area contributed by atoms with Crippen molar-refractivity contribution in [2.75, 3.05) is 18.5 Å². The first-order valence-corrected chi connectivity index (χ1v) is 7.13. The van der Waals surface area contributed by atoms with E-state index in [0.29, 0.717) is 35.4 Å². The number of ether oxygens (including phenoxy) is 1. The molecule has 0 amide bonds. The Hall–Kier alpha value is -1.90. The van der Waals surface area contributed by atoms with Crippen LogP contribution in [0.5, 0.6) is 6.01 Å². The monoisotopic (exact) mass is 296 g/mol. The van der Waals surface area contributed by atoms with Gasteiger partial charge in [-0.1, -0.05) is 6.92 Å². The summed E-state index contributed by atoms with van der Waals surface area (Å²) in [5.74, 6) is 0.961. The molecule has 2 rings (SSSR count). The number of nitrogens with zero attached hydrogens (tertiary/aromatic N) is 5. The molecule has 0 aliphatic carbocycles. The summed E-state index contributed by atoms with van der Waals surface area (Å²) < 4.78 is 10.7. The van der Waals surface area contributed by atoms with Crippen LogP contribution in [-0.4, -0.2) is 38.3 Å². The van der Waals surface area contributed by atoms with E-state index in [9.17, 15) is 0 Å². The molecule has 20 heavy (non-hydrogen) atoms. The van der Waals surface area contributed by atoms with E-state index in [2.05, 4.69) is 30.5 Å². The van der Waals surface area contributed by atoms with Gasteiger partial charge in [0, 0.05) is 25.2 Å². The molecule has 2 aromatic heterocycles. The first-order chi connectivity index (χ1) is 9.71. The Morgan fingerprint density at radius 3 is 2.70 bits per heavy atom. The van der Waals surface area contributed by atoms with E-state index in [-0.39, 0.29) is 6.01 Å². The van der Waals surface area contributed by atoms with Crippen molar-refractivity contribution in [2.24, 2.45) is 0 Å². The molecule has 2 aromatic rings. The number of hydrogen-bond donors (Lipinski definition) is 1. The lowest BCUT2D eigenvalue weighted by atomic mass is 10.5. The summed E-state index contributed by atoms with van der Waals surface area (Å²) in [5, 5.41) is 11.5. The van der Waals surface area contributed by atoms with Crippen molar-refractivity contribution in [3.63, 3.8) is 0 Å². The van der Waals surface area contributed by atoms with Crippen LogP contribution < -0.4 is 10.1 Å². The molecule has 0 bridgehead atoms. The van der Waals surface area contributed by atoms with Gasteiger partial charge < -0.3 is 14.5 Å². The van der Waals surface area contributed by atoms with Gasteiger partial charge in [0.25, 0.3) is 5.22 Å². The summed E-state index contributed by atoms with van der Waals surface area (Å²) in [6, 6.07) is 0.288. The highest BCUT2D eigenvalue weighted by molar-refractivity contribution is 7.98. The molecule has 108 valence electrons. The van der Waals surface area contributed by atoms with Crippen LogP contribution >= 0.6 is 11.8 Å². The van der Waals surface area contributed by atoms with Crippen molar-refractivity contribution in [2.45, 2.75) is 37.6 Å². The lowest BCUT2D eigenvalue weighted by Gasteiger charge is -2.06. The largest absolute Gasteiger partial charge is 0.463 e. The summed E-state index contributed by atoms with van der Waals surface area (Å²) in [5.41, 5.74) is 0. The van der Waals surface area contributed by atoms with Crippen molar-refractivity contribution in [1.29, 1.82) is 0 Å². The van der Waals surface area contributed by atoms with E-state index in [4.69, 9.17) is 9.15 Å². The first kappa shape index (κ1) is 14.5. The maximum atomic E-state index is 5.44. The Labute approximate surface area is 120 Å². The highest BCUT2D eigenvalue weighted by Crippen LogP contribution is 2.25. The summed E-state index contributed by atoms with van der Waals surface area (Å²) in [4.78, 5) is 12.6. The first-order valence-electron chi connectivity index (χ1n) is 6.32. The molecular formula is C11H16N6O2S. The molecule has 0 fully saturated rings. The summed E-state index contributed by atoms with van der Waals surface area (Å²) in [6.45, 7) is 6.97. The van der Waals surface area contributed by atoms with Crippen molar-refractivity contribution in [1.82, 2.24) is 25.1 Å². The standard InChI is InChI=1S/C11H16N6O2S/c1-4-6-18-9-13-8(12-5-2)14-10(15-9)20-11-17-16-7(3)19-11/h4-6H2,1-3H3,(H,12,13,14,15). The molecule has 0 spiro atoms. The molecule has 8 nitrogen and oxygen atoms in total. The van der Waals surface area contributed by atoms with Gasteiger partial charge in [0.05, 0.1) is 6.61 Å². The summed E-state index contributed by atoms with van der Waals surface area (Å²) in [6.07, 6.45) is 0.882. The Bertz CT molecular complexity index is 562. The van der Waals surface area contributed by atoms with E-state index >= 15 is 0 Å². The quantitative estimate of drug-likeness (QED) is 0.821. The maximum absolute atomic E-state index is 5.44. The van der Waals surface area contributed by atoms with Crippen LogP contribution in [-0.2, 0) is 0 Å².